The van der Waals surface area contributed by atoms with E-state index >= 15 is 0 Å². The molecule has 144 valence electrons. The number of carbonyl (C=O) groups is 2. The molecule has 0 amide bonds. The van der Waals surface area contributed by atoms with Crippen LogP contribution >= 0.6 is 0 Å². The summed E-state index contributed by atoms with van der Waals surface area (Å²) in [5.74, 6) is -0.305. The van der Waals surface area contributed by atoms with Gasteiger partial charge in [-0.25, -0.2) is 9.78 Å². The van der Waals surface area contributed by atoms with Crippen molar-refractivity contribution in [3.8, 4) is 5.75 Å². The molecular weight excluding hydrogens is 360 g/mol. The van der Waals surface area contributed by atoms with E-state index in [1.807, 2.05) is 6.92 Å². The summed E-state index contributed by atoms with van der Waals surface area (Å²) in [4.78, 5) is 40.9. The standard InChI is InChI=1S/C21H20N2O5/c1-4-23-18-10-7-15(11-17(18)22-13(2)20(23)25)21(26)28-12-19(24)14-5-8-16(27-3)9-6-14/h5-11H,4,12H2,1-3H3. The van der Waals surface area contributed by atoms with Crippen LogP contribution in [-0.4, -0.2) is 35.0 Å². The molecule has 0 aliphatic rings. The fourth-order valence-corrected chi connectivity index (χ4v) is 2.89. The molecule has 28 heavy (non-hydrogen) atoms. The van der Waals surface area contributed by atoms with Crippen molar-refractivity contribution in [3.63, 3.8) is 0 Å². The predicted molar refractivity (Wildman–Crippen MR) is 104 cm³/mol. The Morgan fingerprint density at radius 3 is 2.39 bits per heavy atom. The second-order valence-electron chi connectivity index (χ2n) is 6.18. The summed E-state index contributed by atoms with van der Waals surface area (Å²) in [5.41, 5.74) is 2.06. The number of carbonyl (C=O) groups excluding carboxylic acids is 2. The number of hydrogen-bond acceptors (Lipinski definition) is 6. The van der Waals surface area contributed by atoms with Gasteiger partial charge in [0.25, 0.3) is 5.56 Å². The van der Waals surface area contributed by atoms with Crippen LogP contribution in [0, 0.1) is 6.92 Å². The van der Waals surface area contributed by atoms with Gasteiger partial charge < -0.3 is 14.0 Å². The van der Waals surface area contributed by atoms with Crippen molar-refractivity contribution in [2.24, 2.45) is 0 Å². The monoisotopic (exact) mass is 380 g/mol. The molecule has 0 saturated heterocycles. The molecule has 1 aromatic heterocycles. The third-order valence-electron chi connectivity index (χ3n) is 4.41. The quantitative estimate of drug-likeness (QED) is 0.483. The molecule has 0 unspecified atom stereocenters. The van der Waals surface area contributed by atoms with Crippen LogP contribution in [0.15, 0.2) is 47.3 Å². The van der Waals surface area contributed by atoms with Crippen LogP contribution in [0.5, 0.6) is 5.75 Å². The zero-order valence-corrected chi connectivity index (χ0v) is 15.9. The van der Waals surface area contributed by atoms with E-state index in [-0.39, 0.29) is 23.5 Å². The van der Waals surface area contributed by atoms with E-state index < -0.39 is 5.97 Å². The molecule has 3 rings (SSSR count). The highest BCUT2D eigenvalue weighted by molar-refractivity contribution is 6.00. The van der Waals surface area contributed by atoms with Crippen LogP contribution in [0.25, 0.3) is 11.0 Å². The molecule has 0 bridgehead atoms. The summed E-state index contributed by atoms with van der Waals surface area (Å²) >= 11 is 0. The fourth-order valence-electron chi connectivity index (χ4n) is 2.89. The molecule has 0 aliphatic heterocycles. The van der Waals surface area contributed by atoms with Crippen LogP contribution in [0.1, 0.15) is 33.3 Å². The molecule has 0 N–H and O–H groups in total. The normalized spacial score (nSPS) is 10.7. The summed E-state index contributed by atoms with van der Waals surface area (Å²) in [6.07, 6.45) is 0. The first-order chi connectivity index (χ1) is 13.4. The minimum Gasteiger partial charge on any atom is -0.497 e. The topological polar surface area (TPSA) is 87.5 Å². The molecule has 0 aliphatic carbocycles. The number of rotatable bonds is 6. The lowest BCUT2D eigenvalue weighted by Gasteiger charge is -2.10. The Hall–Kier alpha value is -3.48. The second-order valence-corrected chi connectivity index (χ2v) is 6.18. The largest absolute Gasteiger partial charge is 0.497 e. The van der Waals surface area contributed by atoms with Crippen LogP contribution in [0.3, 0.4) is 0 Å². The molecule has 0 spiro atoms. The van der Waals surface area contributed by atoms with E-state index in [2.05, 4.69) is 4.98 Å². The molecule has 0 radical (unpaired) electrons. The molecule has 3 aromatic rings. The number of esters is 1. The maximum absolute atomic E-state index is 12.3. The van der Waals surface area contributed by atoms with Crippen molar-refractivity contribution in [3.05, 3.63) is 69.6 Å². The van der Waals surface area contributed by atoms with Gasteiger partial charge in [-0.05, 0) is 56.3 Å². The Kier molecular flexibility index (Phi) is 5.54. The van der Waals surface area contributed by atoms with Crippen molar-refractivity contribution in [2.45, 2.75) is 20.4 Å². The highest BCUT2D eigenvalue weighted by Gasteiger charge is 2.14. The lowest BCUT2D eigenvalue weighted by molar-refractivity contribution is 0.0475. The second kappa shape index (κ2) is 8.04. The molecule has 0 fully saturated rings. The minimum absolute atomic E-state index is 0.157. The molecule has 2 aromatic carbocycles. The molecule has 7 heteroatoms. The van der Waals surface area contributed by atoms with E-state index in [0.29, 0.717) is 34.6 Å². The average Bonchev–Trinajstić information content (AvgIpc) is 2.72. The van der Waals surface area contributed by atoms with Gasteiger partial charge in [-0.2, -0.15) is 0 Å². The zero-order valence-electron chi connectivity index (χ0n) is 15.9. The fraction of sp³-hybridized carbons (Fsp3) is 0.238. The van der Waals surface area contributed by atoms with E-state index in [1.54, 1.807) is 61.1 Å². The first kappa shape index (κ1) is 19.3. The number of ketones is 1. The van der Waals surface area contributed by atoms with Gasteiger partial charge in [0.15, 0.2) is 12.4 Å². The van der Waals surface area contributed by atoms with Gasteiger partial charge in [0.1, 0.15) is 11.4 Å². The molecule has 0 saturated carbocycles. The number of aryl methyl sites for hydroxylation is 2. The zero-order chi connectivity index (χ0) is 20.3. The number of benzene rings is 2. The summed E-state index contributed by atoms with van der Waals surface area (Å²) in [6, 6.07) is 11.3. The van der Waals surface area contributed by atoms with Crippen molar-refractivity contribution >= 4 is 22.8 Å². The maximum Gasteiger partial charge on any atom is 0.338 e. The number of fused-ring (bicyclic) bond motifs is 1. The van der Waals surface area contributed by atoms with Crippen LogP contribution in [0.2, 0.25) is 0 Å². The Labute approximate surface area is 161 Å². The van der Waals surface area contributed by atoms with Gasteiger partial charge in [-0.3, -0.25) is 9.59 Å². The van der Waals surface area contributed by atoms with Crippen molar-refractivity contribution in [1.82, 2.24) is 9.55 Å². The Balaban J connectivity index is 1.76. The van der Waals surface area contributed by atoms with E-state index in [4.69, 9.17) is 9.47 Å². The van der Waals surface area contributed by atoms with E-state index in [0.717, 1.165) is 0 Å². The Bertz CT molecular complexity index is 1100. The SMILES string of the molecule is CCn1c(=O)c(C)nc2cc(C(=O)OCC(=O)c3ccc(OC)cc3)ccc21. The summed E-state index contributed by atoms with van der Waals surface area (Å²) in [6.45, 7) is 3.63. The van der Waals surface area contributed by atoms with Gasteiger partial charge in [-0.15, -0.1) is 0 Å². The highest BCUT2D eigenvalue weighted by atomic mass is 16.5. The van der Waals surface area contributed by atoms with Gasteiger partial charge in [0, 0.05) is 12.1 Å². The lowest BCUT2D eigenvalue weighted by Crippen LogP contribution is -2.23. The van der Waals surface area contributed by atoms with Gasteiger partial charge in [-0.1, -0.05) is 0 Å². The minimum atomic E-state index is -0.627. The molecular formula is C21H20N2O5. The van der Waals surface area contributed by atoms with Gasteiger partial charge >= 0.3 is 5.97 Å². The smallest absolute Gasteiger partial charge is 0.338 e. The van der Waals surface area contributed by atoms with Gasteiger partial charge in [0.2, 0.25) is 0 Å². The third-order valence-corrected chi connectivity index (χ3v) is 4.41. The number of aromatic nitrogens is 2. The predicted octanol–water partition coefficient (Wildman–Crippen LogP) is 2.77. The number of Topliss-reactive ketones (excluding diaryl/α,β-unsaturated/α-hetero) is 1. The number of ether oxygens (including phenoxy) is 2. The third kappa shape index (κ3) is 3.78. The van der Waals surface area contributed by atoms with Crippen molar-refractivity contribution < 1.29 is 19.1 Å². The number of methoxy groups -OCH3 is 1. The highest BCUT2D eigenvalue weighted by Crippen LogP contribution is 2.15. The van der Waals surface area contributed by atoms with Crippen molar-refractivity contribution in [2.75, 3.05) is 13.7 Å². The Morgan fingerprint density at radius 2 is 1.75 bits per heavy atom. The van der Waals surface area contributed by atoms with Crippen LogP contribution in [-0.2, 0) is 11.3 Å². The van der Waals surface area contributed by atoms with Crippen LogP contribution in [0.4, 0.5) is 0 Å². The number of nitrogens with zero attached hydrogens (tertiary/aromatic N) is 2. The van der Waals surface area contributed by atoms with E-state index in [9.17, 15) is 14.4 Å². The lowest BCUT2D eigenvalue weighted by atomic mass is 10.1. The average molecular weight is 380 g/mol. The molecule has 0 atom stereocenters. The molecule has 7 nitrogen and oxygen atoms in total. The maximum atomic E-state index is 12.3. The summed E-state index contributed by atoms with van der Waals surface area (Å²) in [7, 11) is 1.54. The number of hydrogen-bond donors (Lipinski definition) is 0. The van der Waals surface area contributed by atoms with Crippen molar-refractivity contribution in [1.29, 1.82) is 0 Å². The summed E-state index contributed by atoms with van der Waals surface area (Å²) < 4.78 is 11.8. The van der Waals surface area contributed by atoms with E-state index in [1.165, 1.54) is 0 Å². The summed E-state index contributed by atoms with van der Waals surface area (Å²) in [5, 5.41) is 0. The first-order valence-corrected chi connectivity index (χ1v) is 8.80. The van der Waals surface area contributed by atoms with Crippen LogP contribution < -0.4 is 10.3 Å². The Morgan fingerprint density at radius 1 is 1.07 bits per heavy atom. The first-order valence-electron chi connectivity index (χ1n) is 8.80. The van der Waals surface area contributed by atoms with Gasteiger partial charge in [0.05, 0.1) is 23.7 Å². The molecule has 1 heterocycles.